The van der Waals surface area contributed by atoms with Gasteiger partial charge in [0.15, 0.2) is 5.13 Å². The van der Waals surface area contributed by atoms with E-state index in [1.54, 1.807) is 12.3 Å². The molecule has 3 aromatic rings. The van der Waals surface area contributed by atoms with E-state index in [0.29, 0.717) is 33.9 Å². The Kier molecular flexibility index (Phi) is 6.72. The molecule has 9 heteroatoms. The van der Waals surface area contributed by atoms with Crippen LogP contribution in [0.25, 0.3) is 10.2 Å². The van der Waals surface area contributed by atoms with E-state index >= 15 is 0 Å². The summed E-state index contributed by atoms with van der Waals surface area (Å²) in [5.41, 5.74) is 10.1. The van der Waals surface area contributed by atoms with Gasteiger partial charge in [0, 0.05) is 16.5 Å². The Balaban J connectivity index is 1.53. The van der Waals surface area contributed by atoms with E-state index in [2.05, 4.69) is 37.1 Å². The molecule has 0 saturated heterocycles. The lowest BCUT2D eigenvalue weighted by Gasteiger charge is -2.36. The lowest BCUT2D eigenvalue weighted by atomic mass is 9.69. The summed E-state index contributed by atoms with van der Waals surface area (Å²) in [6.45, 7) is 9.02. The number of anilines is 2. The monoisotopic (exact) mass is 486 g/mol. The molecule has 0 bridgehead atoms. The number of ether oxygens (including phenoxy) is 1. The average molecular weight is 487 g/mol. The fourth-order valence-corrected chi connectivity index (χ4v) is 5.97. The van der Waals surface area contributed by atoms with Crippen molar-refractivity contribution in [2.45, 2.75) is 59.8 Å². The van der Waals surface area contributed by atoms with E-state index in [1.165, 1.54) is 28.2 Å². The highest BCUT2D eigenvalue weighted by molar-refractivity contribution is 7.21. The molecule has 1 atom stereocenters. The van der Waals surface area contributed by atoms with Crippen molar-refractivity contribution in [3.05, 3.63) is 33.3 Å². The summed E-state index contributed by atoms with van der Waals surface area (Å²) in [6, 6.07) is 2.14. The minimum atomic E-state index is -0.339. The highest BCUT2D eigenvalue weighted by Gasteiger charge is 2.32. The van der Waals surface area contributed by atoms with Crippen molar-refractivity contribution >= 4 is 55.6 Å². The molecular formula is C24H30N4O3S2. The number of nitrogens with zero attached hydrogens (tertiary/aromatic N) is 2. The molecule has 176 valence electrons. The molecule has 0 aliphatic heterocycles. The van der Waals surface area contributed by atoms with Gasteiger partial charge in [0.25, 0.3) is 5.91 Å². The van der Waals surface area contributed by atoms with E-state index in [-0.39, 0.29) is 23.7 Å². The second kappa shape index (κ2) is 9.38. The van der Waals surface area contributed by atoms with Crippen molar-refractivity contribution in [1.29, 1.82) is 0 Å². The molecule has 3 aromatic heterocycles. The van der Waals surface area contributed by atoms with Crippen LogP contribution in [0.2, 0.25) is 0 Å². The molecule has 0 radical (unpaired) electrons. The molecule has 4 rings (SSSR count). The third-order valence-corrected chi connectivity index (χ3v) is 8.63. The van der Waals surface area contributed by atoms with Gasteiger partial charge in [-0.05, 0) is 49.1 Å². The standard InChI is InChI=1S/C24H30N4O3S2/c1-5-24(3,4)14-7-8-17-13(9-14)10-16-19(25)20(33-22(16)27-17)21(30)28-23-26-15(12-32-23)11-18(29)31-6-2/h10,12,14H,5-9,11,25H2,1-4H3,(H,26,28,30). The summed E-state index contributed by atoms with van der Waals surface area (Å²) >= 11 is 2.58. The Morgan fingerprint density at radius 2 is 2.09 bits per heavy atom. The maximum absolute atomic E-state index is 12.9. The summed E-state index contributed by atoms with van der Waals surface area (Å²) in [7, 11) is 0. The lowest BCUT2D eigenvalue weighted by molar-refractivity contribution is -0.142. The van der Waals surface area contributed by atoms with Crippen LogP contribution in [-0.4, -0.2) is 28.5 Å². The number of hydrogen-bond donors (Lipinski definition) is 2. The van der Waals surface area contributed by atoms with Crippen molar-refractivity contribution in [3.63, 3.8) is 0 Å². The number of hydrogen-bond acceptors (Lipinski definition) is 8. The van der Waals surface area contributed by atoms with Crippen LogP contribution < -0.4 is 11.1 Å². The Morgan fingerprint density at radius 3 is 2.82 bits per heavy atom. The van der Waals surface area contributed by atoms with Gasteiger partial charge in [0.2, 0.25) is 0 Å². The van der Waals surface area contributed by atoms with Crippen LogP contribution in [0, 0.1) is 11.3 Å². The second-order valence-corrected chi connectivity index (χ2v) is 11.0. The molecule has 0 aromatic carbocycles. The van der Waals surface area contributed by atoms with Gasteiger partial charge in [-0.25, -0.2) is 9.97 Å². The first-order valence-electron chi connectivity index (χ1n) is 11.3. The normalized spacial score (nSPS) is 15.9. The van der Waals surface area contributed by atoms with Gasteiger partial charge in [-0.2, -0.15) is 0 Å². The van der Waals surface area contributed by atoms with Gasteiger partial charge in [0.1, 0.15) is 9.71 Å². The van der Waals surface area contributed by atoms with Crippen LogP contribution in [0.4, 0.5) is 10.8 Å². The van der Waals surface area contributed by atoms with E-state index < -0.39 is 0 Å². The molecule has 1 aliphatic carbocycles. The zero-order valence-electron chi connectivity index (χ0n) is 19.5. The number of esters is 1. The third-order valence-electron chi connectivity index (χ3n) is 6.71. The summed E-state index contributed by atoms with van der Waals surface area (Å²) in [4.78, 5) is 35.0. The van der Waals surface area contributed by atoms with Crippen LogP contribution in [0.3, 0.4) is 0 Å². The molecule has 3 N–H and O–H groups in total. The van der Waals surface area contributed by atoms with Crippen molar-refractivity contribution in [1.82, 2.24) is 9.97 Å². The molecule has 1 unspecified atom stereocenters. The van der Waals surface area contributed by atoms with Crippen LogP contribution in [0.15, 0.2) is 11.4 Å². The number of carbonyl (C=O) groups excluding carboxylic acids is 2. The first kappa shape index (κ1) is 23.6. The SMILES string of the molecule is CCOC(=O)Cc1csc(NC(=O)c2sc3nc4c(cc3c2N)CC(C(C)(C)CC)CC4)n1. The number of nitrogens with one attached hydrogen (secondary N) is 1. The molecule has 7 nitrogen and oxygen atoms in total. The zero-order valence-corrected chi connectivity index (χ0v) is 21.1. The smallest absolute Gasteiger partial charge is 0.311 e. The Bertz CT molecular complexity index is 1200. The first-order chi connectivity index (χ1) is 15.7. The van der Waals surface area contributed by atoms with Crippen molar-refractivity contribution in [2.75, 3.05) is 17.7 Å². The Morgan fingerprint density at radius 1 is 1.30 bits per heavy atom. The van der Waals surface area contributed by atoms with Gasteiger partial charge in [-0.1, -0.05) is 27.2 Å². The Labute approximate surface area is 201 Å². The largest absolute Gasteiger partial charge is 0.466 e. The van der Waals surface area contributed by atoms with Crippen molar-refractivity contribution in [2.24, 2.45) is 11.3 Å². The predicted octanol–water partition coefficient (Wildman–Crippen LogP) is 5.23. The Hall–Kier alpha value is -2.52. The number of thiazole rings is 1. The van der Waals surface area contributed by atoms with E-state index in [0.717, 1.165) is 41.6 Å². The van der Waals surface area contributed by atoms with Gasteiger partial charge in [-0.3, -0.25) is 14.9 Å². The van der Waals surface area contributed by atoms with Crippen LogP contribution in [-0.2, 0) is 28.8 Å². The van der Waals surface area contributed by atoms with Gasteiger partial charge in [-0.15, -0.1) is 22.7 Å². The average Bonchev–Trinajstić information content (AvgIpc) is 3.35. The number of aryl methyl sites for hydroxylation is 1. The maximum Gasteiger partial charge on any atom is 0.311 e. The number of nitrogen functional groups attached to an aromatic ring is 1. The van der Waals surface area contributed by atoms with Gasteiger partial charge >= 0.3 is 5.97 Å². The minimum Gasteiger partial charge on any atom is -0.466 e. The highest BCUT2D eigenvalue weighted by atomic mass is 32.1. The number of nitrogens with two attached hydrogens (primary N) is 1. The second-order valence-electron chi connectivity index (χ2n) is 9.15. The number of aromatic nitrogens is 2. The van der Waals surface area contributed by atoms with Gasteiger partial charge < -0.3 is 10.5 Å². The summed E-state index contributed by atoms with van der Waals surface area (Å²) in [5.74, 6) is -0.0323. The molecular weight excluding hydrogens is 456 g/mol. The molecule has 0 fully saturated rings. The van der Waals surface area contributed by atoms with E-state index in [4.69, 9.17) is 15.5 Å². The lowest BCUT2D eigenvalue weighted by Crippen LogP contribution is -2.29. The number of amides is 1. The van der Waals surface area contributed by atoms with Crippen LogP contribution in [0.1, 0.15) is 67.2 Å². The fraction of sp³-hybridized carbons (Fsp3) is 0.500. The maximum atomic E-state index is 12.9. The molecule has 0 spiro atoms. The van der Waals surface area contributed by atoms with Gasteiger partial charge in [0.05, 0.1) is 24.4 Å². The third kappa shape index (κ3) is 4.89. The minimum absolute atomic E-state index is 0.0799. The molecule has 33 heavy (non-hydrogen) atoms. The highest BCUT2D eigenvalue weighted by Crippen LogP contribution is 2.42. The van der Waals surface area contributed by atoms with Crippen molar-refractivity contribution in [3.8, 4) is 0 Å². The fourth-order valence-electron chi connectivity index (χ4n) is 4.27. The summed E-state index contributed by atoms with van der Waals surface area (Å²) in [5, 5.41) is 5.82. The zero-order chi connectivity index (χ0) is 23.8. The molecule has 0 saturated carbocycles. The molecule has 1 aliphatic rings. The summed E-state index contributed by atoms with van der Waals surface area (Å²) in [6.07, 6.45) is 4.32. The van der Waals surface area contributed by atoms with E-state index in [1.807, 2.05) is 0 Å². The van der Waals surface area contributed by atoms with Crippen LogP contribution in [0.5, 0.6) is 0 Å². The molecule has 3 heterocycles. The van der Waals surface area contributed by atoms with E-state index in [9.17, 15) is 9.59 Å². The molecule has 1 amide bonds. The quantitative estimate of drug-likeness (QED) is 0.443. The van der Waals surface area contributed by atoms with Crippen molar-refractivity contribution < 1.29 is 14.3 Å². The topological polar surface area (TPSA) is 107 Å². The number of pyridine rings is 1. The van der Waals surface area contributed by atoms with Crippen LogP contribution >= 0.6 is 22.7 Å². The first-order valence-corrected chi connectivity index (χ1v) is 13.0. The summed E-state index contributed by atoms with van der Waals surface area (Å²) < 4.78 is 4.95. The number of thiophene rings is 1. The number of fused-ring (bicyclic) bond motifs is 2. The predicted molar refractivity (Wildman–Crippen MR) is 134 cm³/mol. The number of carbonyl (C=O) groups is 2. The number of rotatable bonds is 7.